The first-order valence-electron chi connectivity index (χ1n) is 10.0. The Bertz CT molecular complexity index is 1290. The lowest BCUT2D eigenvalue weighted by molar-refractivity contribution is -0.123. The number of amides is 1. The average Bonchev–Trinajstić information content (AvgIpc) is 2.83. The number of ether oxygens (including phenoxy) is 2. The molecular weight excluding hydrogens is 506 g/mol. The van der Waals surface area contributed by atoms with Gasteiger partial charge < -0.3 is 9.47 Å². The highest BCUT2D eigenvalue weighted by Gasteiger charge is 2.06. The van der Waals surface area contributed by atoms with Gasteiger partial charge in [-0.2, -0.15) is 5.10 Å². The van der Waals surface area contributed by atoms with E-state index in [0.29, 0.717) is 28.6 Å². The highest BCUT2D eigenvalue weighted by atomic mass is 79.9. The number of hydrazone groups is 1. The van der Waals surface area contributed by atoms with E-state index in [1.165, 1.54) is 0 Å². The number of halogens is 2. The normalized spacial score (nSPS) is 11.0. The van der Waals surface area contributed by atoms with Crippen LogP contribution in [-0.2, 0) is 11.4 Å². The molecule has 0 spiro atoms. The van der Waals surface area contributed by atoms with Crippen LogP contribution in [0.1, 0.15) is 11.1 Å². The van der Waals surface area contributed by atoms with Crippen LogP contribution in [0.3, 0.4) is 0 Å². The van der Waals surface area contributed by atoms with Crippen molar-refractivity contribution >= 4 is 50.6 Å². The molecule has 3 aromatic carbocycles. The molecule has 1 aromatic heterocycles. The van der Waals surface area contributed by atoms with Gasteiger partial charge in [0.2, 0.25) is 0 Å². The maximum atomic E-state index is 12.1. The van der Waals surface area contributed by atoms with Gasteiger partial charge in [-0.1, -0.05) is 41.9 Å². The molecule has 33 heavy (non-hydrogen) atoms. The Balaban J connectivity index is 1.28. The quantitative estimate of drug-likeness (QED) is 0.235. The summed E-state index contributed by atoms with van der Waals surface area (Å²) in [6.07, 6.45) is 3.23. The lowest BCUT2D eigenvalue weighted by atomic mass is 10.2. The van der Waals surface area contributed by atoms with E-state index in [2.05, 4.69) is 31.4 Å². The van der Waals surface area contributed by atoms with Crippen molar-refractivity contribution < 1.29 is 14.3 Å². The summed E-state index contributed by atoms with van der Waals surface area (Å²) in [6.45, 7) is 0.250. The summed E-state index contributed by atoms with van der Waals surface area (Å²) in [5.41, 5.74) is 4.98. The summed E-state index contributed by atoms with van der Waals surface area (Å²) in [7, 11) is 0. The van der Waals surface area contributed by atoms with Gasteiger partial charge >= 0.3 is 0 Å². The molecule has 0 aliphatic heterocycles. The fourth-order valence-electron chi connectivity index (χ4n) is 3.00. The van der Waals surface area contributed by atoms with Crippen LogP contribution in [0, 0.1) is 0 Å². The first kappa shape index (κ1) is 22.8. The van der Waals surface area contributed by atoms with Gasteiger partial charge in [-0.25, -0.2) is 5.43 Å². The lowest BCUT2D eigenvalue weighted by Gasteiger charge is -2.09. The Kier molecular flexibility index (Phi) is 7.55. The molecule has 1 heterocycles. The zero-order valence-electron chi connectivity index (χ0n) is 17.4. The molecule has 0 atom stereocenters. The number of hydrogen-bond donors (Lipinski definition) is 1. The summed E-state index contributed by atoms with van der Waals surface area (Å²) < 4.78 is 12.2. The third-order valence-corrected chi connectivity index (χ3v) is 5.49. The molecule has 1 N–H and O–H groups in total. The van der Waals surface area contributed by atoms with Gasteiger partial charge in [0.25, 0.3) is 5.91 Å². The SMILES string of the molecule is O=C(COc1cccc2cccnc12)N/N=C/c1ccc(OCc2ccc(Cl)cc2)c(Br)c1. The molecule has 0 saturated heterocycles. The number of hydrogen-bond acceptors (Lipinski definition) is 5. The van der Waals surface area contributed by atoms with Crippen LogP contribution in [-0.4, -0.2) is 23.7 Å². The number of aromatic nitrogens is 1. The van der Waals surface area contributed by atoms with E-state index in [1.807, 2.05) is 66.7 Å². The van der Waals surface area contributed by atoms with Crippen molar-refractivity contribution in [1.29, 1.82) is 0 Å². The van der Waals surface area contributed by atoms with Gasteiger partial charge in [-0.3, -0.25) is 9.78 Å². The predicted octanol–water partition coefficient (Wildman–Crippen LogP) is 5.76. The summed E-state index contributed by atoms with van der Waals surface area (Å²) >= 11 is 9.41. The molecule has 1 amide bonds. The van der Waals surface area contributed by atoms with E-state index in [0.717, 1.165) is 21.0 Å². The first-order valence-corrected chi connectivity index (χ1v) is 11.2. The van der Waals surface area contributed by atoms with Crippen LogP contribution in [0.15, 0.2) is 88.6 Å². The summed E-state index contributed by atoms with van der Waals surface area (Å²) in [4.78, 5) is 16.4. The van der Waals surface area contributed by atoms with E-state index in [4.69, 9.17) is 21.1 Å². The van der Waals surface area contributed by atoms with Crippen molar-refractivity contribution in [1.82, 2.24) is 10.4 Å². The second kappa shape index (κ2) is 10.9. The molecule has 0 aliphatic rings. The fourth-order valence-corrected chi connectivity index (χ4v) is 3.64. The van der Waals surface area contributed by atoms with E-state index < -0.39 is 0 Å². The predicted molar refractivity (Wildman–Crippen MR) is 133 cm³/mol. The minimum absolute atomic E-state index is 0.172. The molecule has 166 valence electrons. The number of nitrogens with zero attached hydrogens (tertiary/aromatic N) is 2. The number of carbonyl (C=O) groups is 1. The second-order valence-electron chi connectivity index (χ2n) is 7.02. The number of benzene rings is 3. The number of nitrogens with one attached hydrogen (secondary N) is 1. The largest absolute Gasteiger partial charge is 0.488 e. The number of fused-ring (bicyclic) bond motifs is 1. The van der Waals surface area contributed by atoms with Crippen LogP contribution in [0.4, 0.5) is 0 Å². The van der Waals surface area contributed by atoms with Crippen molar-refractivity contribution in [2.75, 3.05) is 6.61 Å². The molecule has 0 radical (unpaired) electrons. The van der Waals surface area contributed by atoms with Crippen LogP contribution in [0.25, 0.3) is 10.9 Å². The average molecular weight is 525 g/mol. The van der Waals surface area contributed by atoms with Crippen molar-refractivity contribution in [3.63, 3.8) is 0 Å². The molecule has 0 fully saturated rings. The van der Waals surface area contributed by atoms with E-state index in [9.17, 15) is 4.79 Å². The van der Waals surface area contributed by atoms with Crippen LogP contribution >= 0.6 is 27.5 Å². The Morgan fingerprint density at radius 1 is 1.03 bits per heavy atom. The molecule has 0 bridgehead atoms. The third-order valence-electron chi connectivity index (χ3n) is 4.62. The van der Waals surface area contributed by atoms with Gasteiger partial charge in [0.15, 0.2) is 6.61 Å². The lowest BCUT2D eigenvalue weighted by Crippen LogP contribution is -2.24. The van der Waals surface area contributed by atoms with Crippen molar-refractivity contribution in [3.8, 4) is 11.5 Å². The standard InChI is InChI=1S/C25H19BrClN3O3/c26-21-13-18(8-11-22(21)32-15-17-6-9-20(27)10-7-17)14-29-30-24(31)16-33-23-5-1-3-19-4-2-12-28-25(19)23/h1-14H,15-16H2,(H,30,31)/b29-14+. The highest BCUT2D eigenvalue weighted by molar-refractivity contribution is 9.10. The third kappa shape index (κ3) is 6.31. The zero-order chi connectivity index (χ0) is 23.0. The molecule has 4 rings (SSSR count). The smallest absolute Gasteiger partial charge is 0.277 e. The zero-order valence-corrected chi connectivity index (χ0v) is 19.7. The van der Waals surface area contributed by atoms with Crippen molar-refractivity contribution in [2.45, 2.75) is 6.61 Å². The van der Waals surface area contributed by atoms with Gasteiger partial charge in [0.05, 0.1) is 10.7 Å². The summed E-state index contributed by atoms with van der Waals surface area (Å²) in [6, 6.07) is 22.4. The van der Waals surface area contributed by atoms with E-state index >= 15 is 0 Å². The molecule has 4 aromatic rings. The topological polar surface area (TPSA) is 72.8 Å². The van der Waals surface area contributed by atoms with Crippen LogP contribution in [0.5, 0.6) is 11.5 Å². The van der Waals surface area contributed by atoms with Gasteiger partial charge in [0.1, 0.15) is 23.6 Å². The molecule has 6 nitrogen and oxygen atoms in total. The summed E-state index contributed by atoms with van der Waals surface area (Å²) in [5.74, 6) is 0.870. The van der Waals surface area contributed by atoms with Crippen LogP contribution in [0.2, 0.25) is 5.02 Å². The Hall–Kier alpha value is -3.42. The second-order valence-corrected chi connectivity index (χ2v) is 8.31. The molecule has 0 unspecified atom stereocenters. The molecule has 0 aliphatic carbocycles. The van der Waals surface area contributed by atoms with Gasteiger partial charge in [-0.15, -0.1) is 0 Å². The molecular formula is C25H19BrClN3O3. The molecule has 0 saturated carbocycles. The van der Waals surface area contributed by atoms with Gasteiger partial charge in [0, 0.05) is 16.6 Å². The fraction of sp³-hybridized carbons (Fsp3) is 0.0800. The van der Waals surface area contributed by atoms with Gasteiger partial charge in [-0.05, 0) is 69.5 Å². The number of carbonyl (C=O) groups excluding carboxylic acids is 1. The molecule has 8 heteroatoms. The Morgan fingerprint density at radius 3 is 2.67 bits per heavy atom. The Morgan fingerprint density at radius 2 is 1.85 bits per heavy atom. The highest BCUT2D eigenvalue weighted by Crippen LogP contribution is 2.26. The maximum absolute atomic E-state index is 12.1. The van der Waals surface area contributed by atoms with Crippen LogP contribution < -0.4 is 14.9 Å². The van der Waals surface area contributed by atoms with E-state index in [-0.39, 0.29) is 12.5 Å². The van der Waals surface area contributed by atoms with Crippen molar-refractivity contribution in [3.05, 3.63) is 99.6 Å². The van der Waals surface area contributed by atoms with Crippen molar-refractivity contribution in [2.24, 2.45) is 5.10 Å². The minimum Gasteiger partial charge on any atom is -0.488 e. The number of rotatable bonds is 8. The minimum atomic E-state index is -0.374. The summed E-state index contributed by atoms with van der Waals surface area (Å²) in [5, 5.41) is 5.63. The van der Waals surface area contributed by atoms with E-state index in [1.54, 1.807) is 18.5 Å². The Labute approximate surface area is 204 Å². The number of para-hydroxylation sites is 1. The maximum Gasteiger partial charge on any atom is 0.277 e. The monoisotopic (exact) mass is 523 g/mol. The first-order chi connectivity index (χ1) is 16.1. The number of pyridine rings is 1.